The Morgan fingerprint density at radius 1 is 1.30 bits per heavy atom. The first-order valence-corrected chi connectivity index (χ1v) is 9.73. The van der Waals surface area contributed by atoms with E-state index in [0.717, 1.165) is 38.7 Å². The molecule has 1 fully saturated rings. The first-order valence-electron chi connectivity index (χ1n) is 9.73. The van der Waals surface area contributed by atoms with E-state index in [0.29, 0.717) is 24.3 Å². The Kier molecular flexibility index (Phi) is 6.81. The number of benzene rings is 1. The number of rotatable bonds is 8. The molecule has 3 rings (SSSR count). The minimum absolute atomic E-state index is 0.0849. The summed E-state index contributed by atoms with van der Waals surface area (Å²) in [6.07, 6.45) is 9.84. The van der Waals surface area contributed by atoms with Crippen LogP contribution < -0.4 is 10.6 Å². The van der Waals surface area contributed by atoms with Crippen molar-refractivity contribution in [2.45, 2.75) is 51.0 Å². The van der Waals surface area contributed by atoms with Gasteiger partial charge in [0.1, 0.15) is 5.69 Å². The summed E-state index contributed by atoms with van der Waals surface area (Å²) in [5.74, 6) is -0.278. The van der Waals surface area contributed by atoms with Crippen molar-refractivity contribution in [3.8, 4) is 0 Å². The SMILES string of the molecule is O=C(NCCC1=CCCCC1)c1ccc(NC[C@@H]2CCCO2)c([N+](=O)[O-])c1. The molecule has 2 aliphatic rings. The Bertz CT molecular complexity index is 711. The van der Waals surface area contributed by atoms with Crippen LogP contribution in [-0.4, -0.2) is 36.6 Å². The van der Waals surface area contributed by atoms with Gasteiger partial charge in [-0.25, -0.2) is 0 Å². The average Bonchev–Trinajstić information content (AvgIpc) is 3.20. The second-order valence-electron chi connectivity index (χ2n) is 7.12. The summed E-state index contributed by atoms with van der Waals surface area (Å²) < 4.78 is 5.53. The van der Waals surface area contributed by atoms with Crippen molar-refractivity contribution in [3.63, 3.8) is 0 Å². The van der Waals surface area contributed by atoms with Crippen LogP contribution in [0.5, 0.6) is 0 Å². The van der Waals surface area contributed by atoms with Gasteiger partial charge in [0.25, 0.3) is 11.6 Å². The van der Waals surface area contributed by atoms with E-state index in [1.54, 1.807) is 12.1 Å². The fourth-order valence-electron chi connectivity index (χ4n) is 3.57. The maximum atomic E-state index is 12.3. The number of anilines is 1. The molecule has 1 aliphatic heterocycles. The van der Waals surface area contributed by atoms with Gasteiger partial charge in [0.15, 0.2) is 0 Å². The lowest BCUT2D eigenvalue weighted by Gasteiger charge is -2.14. The molecule has 146 valence electrons. The number of ether oxygens (including phenoxy) is 1. The van der Waals surface area contributed by atoms with Crippen LogP contribution in [0.3, 0.4) is 0 Å². The Hall–Kier alpha value is -2.41. The van der Waals surface area contributed by atoms with Gasteiger partial charge in [-0.15, -0.1) is 0 Å². The van der Waals surface area contributed by atoms with Gasteiger partial charge in [-0.2, -0.15) is 0 Å². The summed E-state index contributed by atoms with van der Waals surface area (Å²) in [6, 6.07) is 4.57. The Balaban J connectivity index is 1.57. The van der Waals surface area contributed by atoms with Gasteiger partial charge in [-0.1, -0.05) is 11.6 Å². The highest BCUT2D eigenvalue weighted by molar-refractivity contribution is 5.95. The van der Waals surface area contributed by atoms with Crippen molar-refractivity contribution in [1.29, 1.82) is 0 Å². The molecule has 1 aromatic rings. The lowest BCUT2D eigenvalue weighted by molar-refractivity contribution is -0.384. The van der Waals surface area contributed by atoms with Crippen LogP contribution in [0.25, 0.3) is 0 Å². The first-order chi connectivity index (χ1) is 13.1. The third-order valence-electron chi connectivity index (χ3n) is 5.12. The van der Waals surface area contributed by atoms with Crippen molar-refractivity contribution in [2.75, 3.05) is 25.0 Å². The van der Waals surface area contributed by atoms with Crippen molar-refractivity contribution < 1.29 is 14.5 Å². The number of allylic oxidation sites excluding steroid dienone is 1. The molecular weight excluding hydrogens is 346 g/mol. The normalized spacial score (nSPS) is 19.4. The van der Waals surface area contributed by atoms with Gasteiger partial charge in [0, 0.05) is 31.3 Å². The monoisotopic (exact) mass is 373 g/mol. The molecule has 0 bridgehead atoms. The molecule has 27 heavy (non-hydrogen) atoms. The van der Waals surface area contributed by atoms with Gasteiger partial charge >= 0.3 is 0 Å². The summed E-state index contributed by atoms with van der Waals surface area (Å²) in [4.78, 5) is 23.3. The number of amides is 1. The van der Waals surface area contributed by atoms with Crippen LogP contribution in [0, 0.1) is 10.1 Å². The quantitative estimate of drug-likeness (QED) is 0.411. The first kappa shape index (κ1) is 19.4. The Labute approximate surface area is 159 Å². The van der Waals surface area contributed by atoms with E-state index in [1.807, 2.05) is 0 Å². The molecule has 1 atom stereocenters. The highest BCUT2D eigenvalue weighted by Crippen LogP contribution is 2.26. The molecule has 1 heterocycles. The number of nitrogens with zero attached hydrogens (tertiary/aromatic N) is 1. The third-order valence-corrected chi connectivity index (χ3v) is 5.12. The average molecular weight is 373 g/mol. The molecule has 1 aliphatic carbocycles. The van der Waals surface area contributed by atoms with E-state index in [-0.39, 0.29) is 17.7 Å². The van der Waals surface area contributed by atoms with Gasteiger partial charge in [-0.05, 0) is 57.1 Å². The number of hydrogen-bond donors (Lipinski definition) is 2. The van der Waals surface area contributed by atoms with Crippen molar-refractivity contribution >= 4 is 17.3 Å². The molecule has 1 amide bonds. The molecule has 0 spiro atoms. The fraction of sp³-hybridized carbons (Fsp3) is 0.550. The number of carbonyl (C=O) groups excluding carboxylic acids is 1. The zero-order chi connectivity index (χ0) is 19.1. The predicted molar refractivity (Wildman–Crippen MR) is 104 cm³/mol. The van der Waals surface area contributed by atoms with Crippen LogP contribution in [0.15, 0.2) is 29.8 Å². The van der Waals surface area contributed by atoms with Crippen molar-refractivity contribution in [1.82, 2.24) is 5.32 Å². The lowest BCUT2D eigenvalue weighted by atomic mass is 9.97. The molecule has 0 saturated carbocycles. The lowest BCUT2D eigenvalue weighted by Crippen LogP contribution is -2.25. The number of hydrogen-bond acceptors (Lipinski definition) is 5. The maximum Gasteiger partial charge on any atom is 0.293 e. The maximum absolute atomic E-state index is 12.3. The fourth-order valence-corrected chi connectivity index (χ4v) is 3.57. The second kappa shape index (κ2) is 9.50. The predicted octanol–water partition coefficient (Wildman–Crippen LogP) is 3.81. The van der Waals surface area contributed by atoms with E-state index in [9.17, 15) is 14.9 Å². The van der Waals surface area contributed by atoms with E-state index >= 15 is 0 Å². The highest BCUT2D eigenvalue weighted by atomic mass is 16.6. The van der Waals surface area contributed by atoms with E-state index in [2.05, 4.69) is 16.7 Å². The molecule has 0 radical (unpaired) electrons. The van der Waals surface area contributed by atoms with E-state index in [4.69, 9.17) is 4.74 Å². The van der Waals surface area contributed by atoms with Crippen LogP contribution in [0.4, 0.5) is 11.4 Å². The molecule has 0 unspecified atom stereocenters. The van der Waals surface area contributed by atoms with Crippen molar-refractivity contribution in [2.24, 2.45) is 0 Å². The molecule has 1 saturated heterocycles. The van der Waals surface area contributed by atoms with Gasteiger partial charge in [0.05, 0.1) is 11.0 Å². The zero-order valence-corrected chi connectivity index (χ0v) is 15.5. The van der Waals surface area contributed by atoms with Crippen molar-refractivity contribution in [3.05, 3.63) is 45.5 Å². The summed E-state index contributed by atoms with van der Waals surface area (Å²) in [7, 11) is 0. The van der Waals surface area contributed by atoms with Crippen LogP contribution in [0.2, 0.25) is 0 Å². The highest BCUT2D eigenvalue weighted by Gasteiger charge is 2.20. The van der Waals surface area contributed by atoms with Gasteiger partial charge < -0.3 is 15.4 Å². The number of nitro groups is 1. The largest absolute Gasteiger partial charge is 0.377 e. The van der Waals surface area contributed by atoms with E-state index < -0.39 is 4.92 Å². The molecule has 2 N–H and O–H groups in total. The third kappa shape index (κ3) is 5.53. The Morgan fingerprint density at radius 2 is 2.19 bits per heavy atom. The summed E-state index contributed by atoms with van der Waals surface area (Å²) in [5, 5.41) is 17.4. The number of nitro benzene ring substituents is 1. The minimum atomic E-state index is -0.457. The number of carbonyl (C=O) groups is 1. The standard InChI is InChI=1S/C20H27N3O4/c24-20(21-11-10-15-5-2-1-3-6-15)16-8-9-18(19(13-16)23(25)26)22-14-17-7-4-12-27-17/h5,8-9,13,17,22H,1-4,6-7,10-12,14H2,(H,21,24)/t17-/m0/s1. The molecule has 7 nitrogen and oxygen atoms in total. The van der Waals surface area contributed by atoms with Crippen LogP contribution in [0.1, 0.15) is 55.3 Å². The minimum Gasteiger partial charge on any atom is -0.377 e. The Morgan fingerprint density at radius 3 is 2.89 bits per heavy atom. The molecule has 0 aromatic heterocycles. The summed E-state index contributed by atoms with van der Waals surface area (Å²) in [5.41, 5.74) is 2.03. The van der Waals surface area contributed by atoms with Crippen LogP contribution >= 0.6 is 0 Å². The zero-order valence-electron chi connectivity index (χ0n) is 15.5. The van der Waals surface area contributed by atoms with Gasteiger partial charge in [0.2, 0.25) is 0 Å². The molecule has 1 aromatic carbocycles. The number of nitrogens with one attached hydrogen (secondary N) is 2. The van der Waals surface area contributed by atoms with Gasteiger partial charge in [-0.3, -0.25) is 14.9 Å². The van der Waals surface area contributed by atoms with E-state index in [1.165, 1.54) is 24.5 Å². The topological polar surface area (TPSA) is 93.5 Å². The van der Waals surface area contributed by atoms with Crippen LogP contribution in [-0.2, 0) is 4.74 Å². The molecular formula is C20H27N3O4. The second-order valence-corrected chi connectivity index (χ2v) is 7.12. The summed E-state index contributed by atoms with van der Waals surface area (Å²) >= 11 is 0. The summed E-state index contributed by atoms with van der Waals surface area (Å²) in [6.45, 7) is 1.82. The molecule has 7 heteroatoms. The smallest absolute Gasteiger partial charge is 0.293 e.